The van der Waals surface area contributed by atoms with E-state index in [-0.39, 0.29) is 5.91 Å². The number of amides is 1. The highest BCUT2D eigenvalue weighted by atomic mass is 16.2. The summed E-state index contributed by atoms with van der Waals surface area (Å²) < 4.78 is 0. The number of nitrogens with zero attached hydrogens (tertiary/aromatic N) is 3. The van der Waals surface area contributed by atoms with E-state index in [2.05, 4.69) is 64.6 Å². The second-order valence-corrected chi connectivity index (χ2v) is 7.52. The minimum absolute atomic E-state index is 0.160. The Morgan fingerprint density at radius 3 is 2.37 bits per heavy atom. The van der Waals surface area contributed by atoms with Gasteiger partial charge in [-0.2, -0.15) is 0 Å². The van der Waals surface area contributed by atoms with Crippen LogP contribution in [-0.4, -0.2) is 62.0 Å². The number of benzene rings is 2. The molecule has 27 heavy (non-hydrogen) atoms. The molecule has 2 aliphatic rings. The number of hydrogen-bond acceptors (Lipinski definition) is 4. The SMILES string of the molecule is CN1CCN(c2ccc(NCC(=O)N3CCc4ccccc4C3)cc2)CC1. The highest BCUT2D eigenvalue weighted by molar-refractivity contribution is 5.81. The van der Waals surface area contributed by atoms with Gasteiger partial charge < -0.3 is 20.0 Å². The molecule has 1 amide bonds. The molecule has 4 rings (SSSR count). The van der Waals surface area contributed by atoms with Crippen molar-refractivity contribution in [2.75, 3.05) is 56.5 Å². The minimum atomic E-state index is 0.160. The summed E-state index contributed by atoms with van der Waals surface area (Å²) in [6, 6.07) is 16.9. The molecular formula is C22H28N4O. The first-order valence-corrected chi connectivity index (χ1v) is 9.81. The number of rotatable bonds is 4. The Morgan fingerprint density at radius 1 is 0.926 bits per heavy atom. The van der Waals surface area contributed by atoms with Crippen LogP contribution in [0.5, 0.6) is 0 Å². The third-order valence-electron chi connectivity index (χ3n) is 5.66. The van der Waals surface area contributed by atoms with Gasteiger partial charge >= 0.3 is 0 Å². The lowest BCUT2D eigenvalue weighted by molar-refractivity contribution is -0.130. The van der Waals surface area contributed by atoms with Crippen molar-refractivity contribution in [2.45, 2.75) is 13.0 Å². The molecule has 2 aromatic carbocycles. The van der Waals surface area contributed by atoms with Gasteiger partial charge in [-0.25, -0.2) is 0 Å². The Labute approximate surface area is 161 Å². The zero-order valence-electron chi connectivity index (χ0n) is 16.0. The molecule has 0 unspecified atom stereocenters. The molecule has 1 fully saturated rings. The van der Waals surface area contributed by atoms with E-state index < -0.39 is 0 Å². The van der Waals surface area contributed by atoms with Crippen LogP contribution in [0, 0.1) is 0 Å². The Kier molecular flexibility index (Phi) is 5.30. The van der Waals surface area contributed by atoms with Crippen LogP contribution in [0.4, 0.5) is 11.4 Å². The molecule has 5 heteroatoms. The summed E-state index contributed by atoms with van der Waals surface area (Å²) in [4.78, 5) is 19.3. The third-order valence-corrected chi connectivity index (χ3v) is 5.66. The molecule has 1 N–H and O–H groups in total. The molecule has 142 valence electrons. The highest BCUT2D eigenvalue weighted by Gasteiger charge is 2.20. The van der Waals surface area contributed by atoms with E-state index >= 15 is 0 Å². The first-order valence-electron chi connectivity index (χ1n) is 9.81. The van der Waals surface area contributed by atoms with Gasteiger partial charge in [0.2, 0.25) is 5.91 Å². The molecule has 5 nitrogen and oxygen atoms in total. The molecule has 0 bridgehead atoms. The van der Waals surface area contributed by atoms with Crippen molar-refractivity contribution in [3.63, 3.8) is 0 Å². The fraction of sp³-hybridized carbons (Fsp3) is 0.409. The van der Waals surface area contributed by atoms with Crippen LogP contribution in [0.2, 0.25) is 0 Å². The van der Waals surface area contributed by atoms with Crippen LogP contribution in [0.15, 0.2) is 48.5 Å². The van der Waals surface area contributed by atoms with Gasteiger partial charge in [-0.15, -0.1) is 0 Å². The maximum atomic E-state index is 12.6. The standard InChI is InChI=1S/C22H28N4O/c1-24-12-14-25(15-13-24)21-8-6-20(7-9-21)23-16-22(27)26-11-10-18-4-2-3-5-19(18)17-26/h2-9,23H,10-17H2,1H3. The Hall–Kier alpha value is -2.53. The molecule has 0 saturated carbocycles. The van der Waals surface area contributed by atoms with Crippen molar-refractivity contribution < 1.29 is 4.79 Å². The molecule has 0 radical (unpaired) electrons. The van der Waals surface area contributed by atoms with Gasteiger partial charge in [-0.1, -0.05) is 24.3 Å². The average Bonchev–Trinajstić information content (AvgIpc) is 2.72. The van der Waals surface area contributed by atoms with Gasteiger partial charge in [-0.05, 0) is 48.9 Å². The fourth-order valence-corrected chi connectivity index (χ4v) is 3.85. The van der Waals surface area contributed by atoms with E-state index in [0.717, 1.165) is 51.4 Å². The second kappa shape index (κ2) is 8.01. The molecule has 1 saturated heterocycles. The van der Waals surface area contributed by atoms with Crippen LogP contribution in [0.3, 0.4) is 0 Å². The normalized spacial score (nSPS) is 17.5. The van der Waals surface area contributed by atoms with Gasteiger partial charge in [0.05, 0.1) is 6.54 Å². The summed E-state index contributed by atoms with van der Waals surface area (Å²) in [5, 5.41) is 3.28. The summed E-state index contributed by atoms with van der Waals surface area (Å²) in [7, 11) is 2.17. The maximum absolute atomic E-state index is 12.6. The molecule has 0 aliphatic carbocycles. The van der Waals surface area contributed by atoms with Crippen molar-refractivity contribution >= 4 is 17.3 Å². The van der Waals surface area contributed by atoms with Crippen molar-refractivity contribution in [3.05, 3.63) is 59.7 Å². The summed E-state index contributed by atoms with van der Waals surface area (Å²) in [5.74, 6) is 0.160. The zero-order valence-corrected chi connectivity index (χ0v) is 16.0. The Bertz CT molecular complexity index is 781. The molecule has 2 aliphatic heterocycles. The van der Waals surface area contributed by atoms with Gasteiger partial charge in [-0.3, -0.25) is 4.79 Å². The van der Waals surface area contributed by atoms with E-state index in [4.69, 9.17) is 0 Å². The van der Waals surface area contributed by atoms with Crippen LogP contribution in [-0.2, 0) is 17.8 Å². The fourth-order valence-electron chi connectivity index (χ4n) is 3.85. The number of piperazine rings is 1. The number of carbonyl (C=O) groups excluding carboxylic acids is 1. The quantitative estimate of drug-likeness (QED) is 0.904. The lowest BCUT2D eigenvalue weighted by Gasteiger charge is -2.34. The van der Waals surface area contributed by atoms with Crippen LogP contribution < -0.4 is 10.2 Å². The van der Waals surface area contributed by atoms with Crippen LogP contribution in [0.25, 0.3) is 0 Å². The summed E-state index contributed by atoms with van der Waals surface area (Å²) in [5.41, 5.74) is 4.90. The lowest BCUT2D eigenvalue weighted by atomic mass is 10.00. The Balaban J connectivity index is 1.29. The van der Waals surface area contributed by atoms with Gasteiger partial charge in [0.15, 0.2) is 0 Å². The van der Waals surface area contributed by atoms with E-state index in [1.165, 1.54) is 16.8 Å². The smallest absolute Gasteiger partial charge is 0.242 e. The summed E-state index contributed by atoms with van der Waals surface area (Å²) in [6.07, 6.45) is 0.946. The number of nitrogens with one attached hydrogen (secondary N) is 1. The number of likely N-dealkylation sites (N-methyl/N-ethyl adjacent to an activating group) is 1. The number of anilines is 2. The first kappa shape index (κ1) is 17.9. The summed E-state index contributed by atoms with van der Waals surface area (Å²) >= 11 is 0. The van der Waals surface area contributed by atoms with Crippen molar-refractivity contribution in [2.24, 2.45) is 0 Å². The van der Waals surface area contributed by atoms with Crippen LogP contribution >= 0.6 is 0 Å². The maximum Gasteiger partial charge on any atom is 0.242 e. The van der Waals surface area contributed by atoms with Gasteiger partial charge in [0, 0.05) is 50.6 Å². The average molecular weight is 364 g/mol. The molecule has 0 atom stereocenters. The number of fused-ring (bicyclic) bond motifs is 1. The summed E-state index contributed by atoms with van der Waals surface area (Å²) in [6.45, 7) is 6.21. The number of carbonyl (C=O) groups is 1. The first-order chi connectivity index (χ1) is 13.2. The van der Waals surface area contributed by atoms with Crippen molar-refractivity contribution in [1.82, 2.24) is 9.80 Å². The van der Waals surface area contributed by atoms with Gasteiger partial charge in [0.25, 0.3) is 0 Å². The topological polar surface area (TPSA) is 38.8 Å². The number of hydrogen-bond donors (Lipinski definition) is 1. The van der Waals surface area contributed by atoms with E-state index in [9.17, 15) is 4.79 Å². The van der Waals surface area contributed by atoms with E-state index in [0.29, 0.717) is 6.54 Å². The minimum Gasteiger partial charge on any atom is -0.376 e. The third kappa shape index (κ3) is 4.25. The molecule has 2 heterocycles. The molecule has 0 aromatic heterocycles. The van der Waals surface area contributed by atoms with Crippen molar-refractivity contribution in [3.8, 4) is 0 Å². The molecule has 2 aromatic rings. The Morgan fingerprint density at radius 2 is 1.63 bits per heavy atom. The zero-order chi connectivity index (χ0) is 18.6. The predicted molar refractivity (Wildman–Crippen MR) is 110 cm³/mol. The largest absolute Gasteiger partial charge is 0.376 e. The van der Waals surface area contributed by atoms with E-state index in [1.54, 1.807) is 0 Å². The second-order valence-electron chi connectivity index (χ2n) is 7.52. The molecule has 0 spiro atoms. The highest BCUT2D eigenvalue weighted by Crippen LogP contribution is 2.20. The monoisotopic (exact) mass is 364 g/mol. The van der Waals surface area contributed by atoms with Crippen LogP contribution in [0.1, 0.15) is 11.1 Å². The lowest BCUT2D eigenvalue weighted by Crippen LogP contribution is -2.44. The van der Waals surface area contributed by atoms with Gasteiger partial charge in [0.1, 0.15) is 0 Å². The predicted octanol–water partition coefficient (Wildman–Crippen LogP) is 2.44. The van der Waals surface area contributed by atoms with E-state index in [1.807, 2.05) is 11.0 Å². The molecular weight excluding hydrogens is 336 g/mol. The van der Waals surface area contributed by atoms with Crippen molar-refractivity contribution in [1.29, 1.82) is 0 Å².